The highest BCUT2D eigenvalue weighted by atomic mass is 15.1. The van der Waals surface area contributed by atoms with Crippen molar-refractivity contribution in [2.75, 3.05) is 4.90 Å². The van der Waals surface area contributed by atoms with Gasteiger partial charge in [0.25, 0.3) is 0 Å². The van der Waals surface area contributed by atoms with Gasteiger partial charge >= 0.3 is 0 Å². The van der Waals surface area contributed by atoms with Crippen LogP contribution >= 0.6 is 0 Å². The number of fused-ring (bicyclic) bond motifs is 1. The average Bonchev–Trinajstić information content (AvgIpc) is 2.43. The van der Waals surface area contributed by atoms with Gasteiger partial charge in [-0.3, -0.25) is 0 Å². The third-order valence-electron chi connectivity index (χ3n) is 3.06. The van der Waals surface area contributed by atoms with Crippen molar-refractivity contribution in [3.8, 4) is 0 Å². The van der Waals surface area contributed by atoms with Gasteiger partial charge in [0.1, 0.15) is 0 Å². The minimum Gasteiger partial charge on any atom is -0.317 e. The van der Waals surface area contributed by atoms with Gasteiger partial charge in [-0.25, -0.2) is 0 Å². The Balaban J connectivity index is 2.60. The second-order valence-electron chi connectivity index (χ2n) is 4.33. The van der Waals surface area contributed by atoms with Gasteiger partial charge in [-0.1, -0.05) is 49.1 Å². The van der Waals surface area contributed by atoms with Crippen molar-refractivity contribution in [1.82, 2.24) is 0 Å². The third-order valence-corrected chi connectivity index (χ3v) is 3.06. The molecule has 0 saturated heterocycles. The summed E-state index contributed by atoms with van der Waals surface area (Å²) < 4.78 is 0. The fraction of sp³-hybridized carbons (Fsp3) is 0.111. The molecule has 1 aliphatic heterocycles. The van der Waals surface area contributed by atoms with E-state index in [0.717, 1.165) is 22.5 Å². The summed E-state index contributed by atoms with van der Waals surface area (Å²) in [6, 6.07) is 8.33. The van der Waals surface area contributed by atoms with Crippen molar-refractivity contribution in [3.63, 3.8) is 0 Å². The van der Waals surface area contributed by atoms with Crippen LogP contribution in [0, 0.1) is 0 Å². The predicted molar refractivity (Wildman–Crippen MR) is 84.8 cm³/mol. The Morgan fingerprint density at radius 2 is 1.95 bits per heavy atom. The molecule has 0 saturated carbocycles. The summed E-state index contributed by atoms with van der Waals surface area (Å²) in [5.41, 5.74) is 4.49. The topological polar surface area (TPSA) is 3.24 Å². The van der Waals surface area contributed by atoms with Gasteiger partial charge in [-0.15, -0.1) is 0 Å². The Bertz CT molecular complexity index is 585. The molecule has 2 rings (SSSR count). The highest BCUT2D eigenvalue weighted by Crippen LogP contribution is 2.31. The van der Waals surface area contributed by atoms with Gasteiger partial charge < -0.3 is 4.90 Å². The predicted octanol–water partition coefficient (Wildman–Crippen LogP) is 5.07. The standard InChI is InChI=1S/C18H19N/c1-4-10-16(5-2)19-14-9-8-11-15(3)17-12-6-7-13-18(17)19/h4-14H,3H2,1-2H3/b10-4-,11-8-,14-9-,16-5+. The molecule has 0 aliphatic carbocycles. The largest absolute Gasteiger partial charge is 0.317 e. The SMILES string of the molecule is C=C1/C=C\C=C/N(C(/C=C\C)=C/C)c2ccccc21. The molecule has 1 aliphatic rings. The maximum atomic E-state index is 4.14. The minimum absolute atomic E-state index is 1.03. The first-order valence-corrected chi connectivity index (χ1v) is 6.49. The number of benzene rings is 1. The van der Waals surface area contributed by atoms with E-state index in [1.807, 2.05) is 31.2 Å². The summed E-state index contributed by atoms with van der Waals surface area (Å²) >= 11 is 0. The van der Waals surface area contributed by atoms with E-state index < -0.39 is 0 Å². The number of hydrogen-bond donors (Lipinski definition) is 0. The lowest BCUT2D eigenvalue weighted by molar-refractivity contribution is 1.18. The van der Waals surface area contributed by atoms with E-state index in [0.29, 0.717) is 0 Å². The van der Waals surface area contributed by atoms with Crippen LogP contribution in [0.5, 0.6) is 0 Å². The Morgan fingerprint density at radius 3 is 2.68 bits per heavy atom. The van der Waals surface area contributed by atoms with Crippen molar-refractivity contribution < 1.29 is 0 Å². The molecule has 0 spiro atoms. The van der Waals surface area contributed by atoms with Crippen LogP contribution in [0.2, 0.25) is 0 Å². The summed E-state index contributed by atoms with van der Waals surface area (Å²) in [4.78, 5) is 2.18. The molecule has 0 amide bonds. The van der Waals surface area contributed by atoms with Gasteiger partial charge in [0.2, 0.25) is 0 Å². The molecule has 96 valence electrons. The molecule has 0 fully saturated rings. The number of anilines is 1. The van der Waals surface area contributed by atoms with E-state index in [-0.39, 0.29) is 0 Å². The van der Waals surface area contributed by atoms with Crippen LogP contribution in [0.4, 0.5) is 5.69 Å². The molecule has 1 heterocycles. The Hall–Kier alpha value is -2.28. The highest BCUT2D eigenvalue weighted by molar-refractivity contribution is 5.83. The quantitative estimate of drug-likeness (QED) is 0.661. The Morgan fingerprint density at radius 1 is 1.16 bits per heavy atom. The van der Waals surface area contributed by atoms with E-state index >= 15 is 0 Å². The van der Waals surface area contributed by atoms with Gasteiger partial charge in [0.15, 0.2) is 0 Å². The third kappa shape index (κ3) is 2.76. The van der Waals surface area contributed by atoms with E-state index in [1.54, 1.807) is 0 Å². The van der Waals surface area contributed by atoms with Gasteiger partial charge in [-0.2, -0.15) is 0 Å². The number of nitrogens with zero attached hydrogens (tertiary/aromatic N) is 1. The highest BCUT2D eigenvalue weighted by Gasteiger charge is 2.12. The maximum absolute atomic E-state index is 4.14. The summed E-state index contributed by atoms with van der Waals surface area (Å²) in [7, 11) is 0. The molecule has 0 radical (unpaired) electrons. The Labute approximate surface area is 115 Å². The van der Waals surface area contributed by atoms with Gasteiger partial charge in [0.05, 0.1) is 5.69 Å². The summed E-state index contributed by atoms with van der Waals surface area (Å²) in [6.07, 6.45) is 14.4. The zero-order valence-corrected chi connectivity index (χ0v) is 11.5. The first kappa shape index (κ1) is 13.2. The minimum atomic E-state index is 1.03. The molecule has 1 heteroatoms. The van der Waals surface area contributed by atoms with Gasteiger partial charge in [-0.05, 0) is 37.6 Å². The molecule has 0 unspecified atom stereocenters. The zero-order valence-electron chi connectivity index (χ0n) is 11.5. The van der Waals surface area contributed by atoms with Crippen molar-refractivity contribution in [2.45, 2.75) is 13.8 Å². The second kappa shape index (κ2) is 6.05. The lowest BCUT2D eigenvalue weighted by Gasteiger charge is -2.25. The summed E-state index contributed by atoms with van der Waals surface area (Å²) in [5, 5.41) is 0. The summed E-state index contributed by atoms with van der Waals surface area (Å²) in [6.45, 7) is 8.22. The number of allylic oxidation sites excluding steroid dienone is 7. The van der Waals surface area contributed by atoms with Crippen molar-refractivity contribution >= 4 is 11.3 Å². The monoisotopic (exact) mass is 249 g/mol. The first-order valence-electron chi connectivity index (χ1n) is 6.49. The molecule has 1 aromatic rings. The average molecular weight is 249 g/mol. The normalized spacial score (nSPS) is 18.9. The van der Waals surface area contributed by atoms with Crippen molar-refractivity contribution in [3.05, 3.63) is 84.8 Å². The molecule has 19 heavy (non-hydrogen) atoms. The maximum Gasteiger partial charge on any atom is 0.0533 e. The number of rotatable bonds is 2. The van der Waals surface area contributed by atoms with Crippen LogP contribution in [-0.2, 0) is 0 Å². The smallest absolute Gasteiger partial charge is 0.0533 e. The molecule has 0 atom stereocenters. The van der Waals surface area contributed by atoms with E-state index in [2.05, 4.69) is 61.0 Å². The molecule has 0 bridgehead atoms. The first-order chi connectivity index (χ1) is 9.27. The molecule has 1 aromatic carbocycles. The van der Waals surface area contributed by atoms with Crippen LogP contribution in [0.25, 0.3) is 5.57 Å². The number of para-hydroxylation sites is 1. The number of hydrogen-bond acceptors (Lipinski definition) is 1. The lowest BCUT2D eigenvalue weighted by atomic mass is 10.0. The van der Waals surface area contributed by atoms with Crippen LogP contribution in [0.3, 0.4) is 0 Å². The molecular weight excluding hydrogens is 230 g/mol. The van der Waals surface area contributed by atoms with Crippen molar-refractivity contribution in [2.24, 2.45) is 0 Å². The van der Waals surface area contributed by atoms with E-state index in [4.69, 9.17) is 0 Å². The van der Waals surface area contributed by atoms with Gasteiger partial charge in [0, 0.05) is 17.5 Å². The summed E-state index contributed by atoms with van der Waals surface area (Å²) in [5.74, 6) is 0. The van der Waals surface area contributed by atoms with E-state index in [1.165, 1.54) is 0 Å². The van der Waals surface area contributed by atoms with Crippen LogP contribution < -0.4 is 4.90 Å². The molecular formula is C18H19N. The molecule has 0 aromatic heterocycles. The molecule has 1 nitrogen and oxygen atoms in total. The van der Waals surface area contributed by atoms with Crippen molar-refractivity contribution in [1.29, 1.82) is 0 Å². The van der Waals surface area contributed by atoms with E-state index in [9.17, 15) is 0 Å². The fourth-order valence-electron chi connectivity index (χ4n) is 2.14. The Kier molecular flexibility index (Phi) is 4.19. The fourth-order valence-corrected chi connectivity index (χ4v) is 2.14. The lowest BCUT2D eigenvalue weighted by Crippen LogP contribution is -2.15. The van der Waals surface area contributed by atoms with Crippen LogP contribution in [0.1, 0.15) is 19.4 Å². The second-order valence-corrected chi connectivity index (χ2v) is 4.33. The zero-order chi connectivity index (χ0) is 13.7. The van der Waals surface area contributed by atoms with Crippen LogP contribution in [-0.4, -0.2) is 0 Å². The van der Waals surface area contributed by atoms with Crippen LogP contribution in [0.15, 0.2) is 79.2 Å². The molecule has 0 N–H and O–H groups in total.